The molecule has 0 atom stereocenters. The van der Waals surface area contributed by atoms with Gasteiger partial charge in [-0.1, -0.05) is 6.07 Å². The molecule has 2 N–H and O–H groups in total. The molecule has 0 fully saturated rings. The lowest BCUT2D eigenvalue weighted by Crippen LogP contribution is -1.95. The Morgan fingerprint density at radius 1 is 1.10 bits per heavy atom. The SMILES string of the molecule is COc1cc(CSc2ccc(C)cc2N)c(OC)cc1Br. The van der Waals surface area contributed by atoms with Crippen molar-refractivity contribution < 1.29 is 9.47 Å². The highest BCUT2D eigenvalue weighted by Gasteiger charge is 2.11. The number of ether oxygens (including phenoxy) is 2. The monoisotopic (exact) mass is 367 g/mol. The summed E-state index contributed by atoms with van der Waals surface area (Å²) >= 11 is 5.15. The zero-order valence-corrected chi connectivity index (χ0v) is 14.7. The summed E-state index contributed by atoms with van der Waals surface area (Å²) < 4.78 is 11.7. The zero-order chi connectivity index (χ0) is 15.4. The molecule has 0 aliphatic heterocycles. The fourth-order valence-electron chi connectivity index (χ4n) is 1.99. The Hall–Kier alpha value is -1.33. The predicted octanol–water partition coefficient (Wildman–Crippen LogP) is 4.65. The molecule has 0 bridgehead atoms. The number of nitrogens with two attached hydrogens (primary N) is 1. The first-order valence-electron chi connectivity index (χ1n) is 6.44. The first-order valence-corrected chi connectivity index (χ1v) is 8.22. The van der Waals surface area contributed by atoms with Gasteiger partial charge in [0.1, 0.15) is 11.5 Å². The van der Waals surface area contributed by atoms with Crippen molar-refractivity contribution in [3.63, 3.8) is 0 Å². The lowest BCUT2D eigenvalue weighted by atomic mass is 10.2. The molecule has 0 amide bonds. The van der Waals surface area contributed by atoms with Crippen molar-refractivity contribution in [3.05, 3.63) is 45.9 Å². The van der Waals surface area contributed by atoms with E-state index in [1.807, 2.05) is 25.1 Å². The minimum atomic E-state index is 0.764. The first-order chi connectivity index (χ1) is 10.0. The number of thioether (sulfide) groups is 1. The maximum Gasteiger partial charge on any atom is 0.133 e. The van der Waals surface area contributed by atoms with Gasteiger partial charge in [0.05, 0.1) is 18.7 Å². The Labute approximate surface area is 138 Å². The molecule has 3 nitrogen and oxygen atoms in total. The normalized spacial score (nSPS) is 10.5. The second-order valence-electron chi connectivity index (χ2n) is 4.63. The number of hydrogen-bond acceptors (Lipinski definition) is 4. The first kappa shape index (κ1) is 16.0. The summed E-state index contributed by atoms with van der Waals surface area (Å²) in [5, 5.41) is 0. The molecule has 0 unspecified atom stereocenters. The summed E-state index contributed by atoms with van der Waals surface area (Å²) in [5.41, 5.74) is 9.10. The van der Waals surface area contributed by atoms with Crippen molar-refractivity contribution in [2.45, 2.75) is 17.6 Å². The molecule has 0 saturated carbocycles. The lowest BCUT2D eigenvalue weighted by Gasteiger charge is -2.13. The van der Waals surface area contributed by atoms with Crippen LogP contribution in [0.2, 0.25) is 0 Å². The van der Waals surface area contributed by atoms with Crippen LogP contribution in [0.25, 0.3) is 0 Å². The number of hydrogen-bond donors (Lipinski definition) is 1. The smallest absolute Gasteiger partial charge is 0.133 e. The van der Waals surface area contributed by atoms with E-state index in [1.165, 1.54) is 5.56 Å². The molecule has 0 saturated heterocycles. The van der Waals surface area contributed by atoms with E-state index in [0.29, 0.717) is 0 Å². The van der Waals surface area contributed by atoms with Gasteiger partial charge in [-0.2, -0.15) is 0 Å². The van der Waals surface area contributed by atoms with Gasteiger partial charge in [0.2, 0.25) is 0 Å². The molecule has 0 aliphatic carbocycles. The third kappa shape index (κ3) is 3.86. The molecule has 21 heavy (non-hydrogen) atoms. The van der Waals surface area contributed by atoms with Gasteiger partial charge in [0.25, 0.3) is 0 Å². The lowest BCUT2D eigenvalue weighted by molar-refractivity contribution is 0.398. The van der Waals surface area contributed by atoms with E-state index in [0.717, 1.165) is 37.9 Å². The van der Waals surface area contributed by atoms with Crippen molar-refractivity contribution in [1.82, 2.24) is 0 Å². The molecular formula is C16H18BrNO2S. The van der Waals surface area contributed by atoms with Crippen molar-refractivity contribution in [1.29, 1.82) is 0 Å². The molecule has 0 aliphatic rings. The quantitative estimate of drug-likeness (QED) is 0.616. The third-order valence-electron chi connectivity index (χ3n) is 3.10. The number of benzene rings is 2. The average Bonchev–Trinajstić information content (AvgIpc) is 2.47. The summed E-state index contributed by atoms with van der Waals surface area (Å²) in [6, 6.07) is 10.0. The van der Waals surface area contributed by atoms with E-state index in [2.05, 4.69) is 28.1 Å². The third-order valence-corrected chi connectivity index (χ3v) is 4.86. The van der Waals surface area contributed by atoms with E-state index in [1.54, 1.807) is 26.0 Å². The van der Waals surface area contributed by atoms with Crippen LogP contribution in [0.5, 0.6) is 11.5 Å². The van der Waals surface area contributed by atoms with Crippen LogP contribution in [0.15, 0.2) is 39.7 Å². The summed E-state index contributed by atoms with van der Waals surface area (Å²) in [4.78, 5) is 1.07. The van der Waals surface area contributed by atoms with Gasteiger partial charge in [0, 0.05) is 21.9 Å². The second kappa shape index (κ2) is 7.09. The topological polar surface area (TPSA) is 44.5 Å². The van der Waals surface area contributed by atoms with Crippen LogP contribution in [0.3, 0.4) is 0 Å². The Bertz CT molecular complexity index is 646. The molecule has 0 radical (unpaired) electrons. The Balaban J connectivity index is 2.22. The van der Waals surface area contributed by atoms with Crippen LogP contribution in [-0.4, -0.2) is 14.2 Å². The van der Waals surface area contributed by atoms with Crippen LogP contribution >= 0.6 is 27.7 Å². The number of aryl methyl sites for hydroxylation is 1. The fraction of sp³-hybridized carbons (Fsp3) is 0.250. The Morgan fingerprint density at radius 2 is 1.81 bits per heavy atom. The summed E-state index contributed by atoms with van der Waals surface area (Å²) in [6.07, 6.45) is 0. The van der Waals surface area contributed by atoms with Gasteiger partial charge in [-0.05, 0) is 52.7 Å². The van der Waals surface area contributed by atoms with E-state index in [9.17, 15) is 0 Å². The maximum absolute atomic E-state index is 6.05. The number of halogens is 1. The molecule has 2 aromatic rings. The van der Waals surface area contributed by atoms with Gasteiger partial charge >= 0.3 is 0 Å². The zero-order valence-electron chi connectivity index (χ0n) is 12.3. The molecular weight excluding hydrogens is 350 g/mol. The van der Waals surface area contributed by atoms with Crippen molar-refractivity contribution in [3.8, 4) is 11.5 Å². The van der Waals surface area contributed by atoms with E-state index in [4.69, 9.17) is 15.2 Å². The van der Waals surface area contributed by atoms with Gasteiger partial charge in [-0.3, -0.25) is 0 Å². The van der Waals surface area contributed by atoms with Gasteiger partial charge in [0.15, 0.2) is 0 Å². The largest absolute Gasteiger partial charge is 0.496 e. The molecule has 112 valence electrons. The highest BCUT2D eigenvalue weighted by atomic mass is 79.9. The van der Waals surface area contributed by atoms with Gasteiger partial charge in [-0.25, -0.2) is 0 Å². The van der Waals surface area contributed by atoms with Crippen LogP contribution in [0.1, 0.15) is 11.1 Å². The number of anilines is 1. The highest BCUT2D eigenvalue weighted by Crippen LogP contribution is 2.37. The van der Waals surface area contributed by atoms with Crippen LogP contribution in [-0.2, 0) is 5.75 Å². The maximum atomic E-state index is 6.05. The van der Waals surface area contributed by atoms with E-state index in [-0.39, 0.29) is 0 Å². The van der Waals surface area contributed by atoms with Crippen molar-refractivity contribution in [2.24, 2.45) is 0 Å². The highest BCUT2D eigenvalue weighted by molar-refractivity contribution is 9.10. The number of nitrogen functional groups attached to an aromatic ring is 1. The number of methoxy groups -OCH3 is 2. The second-order valence-corrected chi connectivity index (χ2v) is 6.50. The molecule has 5 heteroatoms. The summed E-state index contributed by atoms with van der Waals surface area (Å²) in [7, 11) is 3.32. The predicted molar refractivity (Wildman–Crippen MR) is 92.4 cm³/mol. The molecule has 2 aromatic carbocycles. The van der Waals surface area contributed by atoms with Gasteiger partial charge in [-0.15, -0.1) is 11.8 Å². The molecule has 2 rings (SSSR count). The fourth-order valence-corrected chi connectivity index (χ4v) is 3.40. The number of rotatable bonds is 5. The molecule has 0 heterocycles. The Kier molecular flexibility index (Phi) is 5.42. The van der Waals surface area contributed by atoms with Gasteiger partial charge < -0.3 is 15.2 Å². The average molecular weight is 368 g/mol. The standard InChI is InChI=1S/C16H18BrNO2S/c1-10-4-5-16(13(18)6-10)21-9-11-7-15(20-3)12(17)8-14(11)19-2/h4-8H,9,18H2,1-3H3. The van der Waals surface area contributed by atoms with Crippen LogP contribution in [0, 0.1) is 6.92 Å². The van der Waals surface area contributed by atoms with Crippen molar-refractivity contribution >= 4 is 33.4 Å². The molecule has 0 spiro atoms. The van der Waals surface area contributed by atoms with E-state index >= 15 is 0 Å². The van der Waals surface area contributed by atoms with Crippen LogP contribution in [0.4, 0.5) is 5.69 Å². The Morgan fingerprint density at radius 3 is 2.43 bits per heavy atom. The summed E-state index contributed by atoms with van der Waals surface area (Å²) in [5.74, 6) is 2.39. The summed E-state index contributed by atoms with van der Waals surface area (Å²) in [6.45, 7) is 2.04. The minimum Gasteiger partial charge on any atom is -0.496 e. The van der Waals surface area contributed by atoms with E-state index < -0.39 is 0 Å². The minimum absolute atomic E-state index is 0.764. The van der Waals surface area contributed by atoms with Crippen molar-refractivity contribution in [2.75, 3.05) is 20.0 Å². The van der Waals surface area contributed by atoms with Crippen LogP contribution < -0.4 is 15.2 Å². The molecule has 0 aromatic heterocycles.